The number of aryl methyl sites for hydroxylation is 2. The van der Waals surface area contributed by atoms with Crippen molar-refractivity contribution in [2.75, 3.05) is 29.9 Å². The fourth-order valence-electron chi connectivity index (χ4n) is 4.63. The van der Waals surface area contributed by atoms with Crippen molar-refractivity contribution in [2.45, 2.75) is 60.0 Å². The summed E-state index contributed by atoms with van der Waals surface area (Å²) in [6.45, 7) is 13.5. The molecule has 0 aliphatic carbocycles. The first kappa shape index (κ1) is 25.1. The van der Waals surface area contributed by atoms with E-state index in [1.807, 2.05) is 46.0 Å². The van der Waals surface area contributed by atoms with Gasteiger partial charge in [-0.2, -0.15) is 0 Å². The number of aromatic amines is 1. The second kappa shape index (κ2) is 11.5. The fourth-order valence-corrected chi connectivity index (χ4v) is 4.84. The van der Waals surface area contributed by atoms with E-state index < -0.39 is 0 Å². The van der Waals surface area contributed by atoms with E-state index in [4.69, 9.17) is 11.6 Å². The molecule has 1 aliphatic heterocycles. The van der Waals surface area contributed by atoms with Crippen molar-refractivity contribution in [1.29, 1.82) is 0 Å². The van der Waals surface area contributed by atoms with Gasteiger partial charge in [0.15, 0.2) is 0 Å². The van der Waals surface area contributed by atoms with Gasteiger partial charge in [0.2, 0.25) is 0 Å². The van der Waals surface area contributed by atoms with Crippen molar-refractivity contribution in [3.05, 3.63) is 62.7 Å². The Balaban J connectivity index is 0.00000149. The number of hydrogen-bond donors (Lipinski definition) is 3. The van der Waals surface area contributed by atoms with Crippen molar-refractivity contribution >= 4 is 33.9 Å². The molecule has 1 saturated heterocycles. The lowest BCUT2D eigenvalue weighted by atomic mass is 10.0. The summed E-state index contributed by atoms with van der Waals surface area (Å²) in [5.41, 5.74) is 3.63. The summed E-state index contributed by atoms with van der Waals surface area (Å²) in [4.78, 5) is 22.3. The van der Waals surface area contributed by atoms with Gasteiger partial charge >= 0.3 is 0 Å². The molecule has 1 fully saturated rings. The first-order chi connectivity index (χ1) is 16.0. The molecule has 0 spiro atoms. The lowest BCUT2D eigenvalue weighted by Gasteiger charge is -2.36. The zero-order chi connectivity index (χ0) is 24.0. The Bertz CT molecular complexity index is 1140. The summed E-state index contributed by atoms with van der Waals surface area (Å²) < 4.78 is 0. The van der Waals surface area contributed by atoms with Crippen LogP contribution in [0.15, 0.2) is 35.3 Å². The SMILES string of the molecule is CC.CCN(c1cc(Cl)cc2c(NCc3c(C)cc(C)[nH]c3=O)nccc12)C1CCNCC1. The Hall–Kier alpha value is -2.57. The van der Waals surface area contributed by atoms with Gasteiger partial charge < -0.3 is 20.5 Å². The number of anilines is 2. The number of halogens is 1. The average Bonchev–Trinajstić information content (AvgIpc) is 2.81. The number of nitrogens with one attached hydrogen (secondary N) is 3. The van der Waals surface area contributed by atoms with E-state index in [1.165, 1.54) is 0 Å². The Morgan fingerprint density at radius 3 is 2.55 bits per heavy atom. The Labute approximate surface area is 201 Å². The van der Waals surface area contributed by atoms with Crippen LogP contribution in [0.5, 0.6) is 0 Å². The van der Waals surface area contributed by atoms with Crippen LogP contribution < -0.4 is 21.1 Å². The third-order valence-corrected chi connectivity index (χ3v) is 6.37. The number of nitrogens with zero attached hydrogens (tertiary/aromatic N) is 2. The Morgan fingerprint density at radius 2 is 1.88 bits per heavy atom. The number of benzene rings is 1. The number of hydrogen-bond acceptors (Lipinski definition) is 5. The maximum absolute atomic E-state index is 12.4. The van der Waals surface area contributed by atoms with E-state index in [0.29, 0.717) is 17.6 Å². The molecule has 0 radical (unpaired) electrons. The highest BCUT2D eigenvalue weighted by atomic mass is 35.5. The minimum Gasteiger partial charge on any atom is -0.368 e. The van der Waals surface area contributed by atoms with E-state index in [2.05, 4.69) is 44.6 Å². The molecule has 3 aromatic rings. The van der Waals surface area contributed by atoms with Crippen molar-refractivity contribution in [3.8, 4) is 0 Å². The highest BCUT2D eigenvalue weighted by molar-refractivity contribution is 6.32. The number of fused-ring (bicyclic) bond motifs is 1. The van der Waals surface area contributed by atoms with E-state index >= 15 is 0 Å². The summed E-state index contributed by atoms with van der Waals surface area (Å²) >= 11 is 6.57. The van der Waals surface area contributed by atoms with Crippen LogP contribution in [-0.4, -0.2) is 35.6 Å². The second-order valence-corrected chi connectivity index (χ2v) is 8.68. The average molecular weight is 470 g/mol. The van der Waals surface area contributed by atoms with Gasteiger partial charge in [0.25, 0.3) is 5.56 Å². The molecular formula is C26H36ClN5O. The molecular weight excluding hydrogens is 434 g/mol. The number of pyridine rings is 2. The maximum Gasteiger partial charge on any atom is 0.253 e. The third-order valence-electron chi connectivity index (χ3n) is 6.15. The molecule has 3 N–H and O–H groups in total. The molecule has 0 saturated carbocycles. The van der Waals surface area contributed by atoms with E-state index in [9.17, 15) is 4.79 Å². The monoisotopic (exact) mass is 469 g/mol. The summed E-state index contributed by atoms with van der Waals surface area (Å²) in [5.74, 6) is 0.738. The zero-order valence-electron chi connectivity index (χ0n) is 20.4. The topological polar surface area (TPSA) is 73.0 Å². The normalized spacial score (nSPS) is 14.0. The van der Waals surface area contributed by atoms with Crippen LogP contribution in [-0.2, 0) is 6.54 Å². The molecule has 1 aliphatic rings. The van der Waals surface area contributed by atoms with Gasteiger partial charge in [0.05, 0.1) is 0 Å². The summed E-state index contributed by atoms with van der Waals surface area (Å²) in [6, 6.07) is 8.56. The van der Waals surface area contributed by atoms with Crippen molar-refractivity contribution < 1.29 is 0 Å². The molecule has 0 bridgehead atoms. The number of aromatic nitrogens is 2. The van der Waals surface area contributed by atoms with E-state index in [1.54, 1.807) is 0 Å². The van der Waals surface area contributed by atoms with Crippen molar-refractivity contribution in [3.63, 3.8) is 0 Å². The first-order valence-electron chi connectivity index (χ1n) is 12.0. The summed E-state index contributed by atoms with van der Waals surface area (Å²) in [6.07, 6.45) is 4.06. The molecule has 178 valence electrons. The molecule has 1 aromatic carbocycles. The number of piperidine rings is 1. The molecule has 0 atom stereocenters. The van der Waals surface area contributed by atoms with Gasteiger partial charge in [0.1, 0.15) is 5.82 Å². The minimum atomic E-state index is -0.0629. The van der Waals surface area contributed by atoms with Crippen LogP contribution in [0.3, 0.4) is 0 Å². The van der Waals surface area contributed by atoms with Gasteiger partial charge in [-0.15, -0.1) is 0 Å². The van der Waals surface area contributed by atoms with Gasteiger partial charge in [-0.05, 0) is 76.5 Å². The molecule has 0 unspecified atom stereocenters. The third kappa shape index (κ3) is 5.68. The predicted octanol–water partition coefficient (Wildman–Crippen LogP) is 5.41. The van der Waals surface area contributed by atoms with Crippen molar-refractivity contribution in [2.24, 2.45) is 0 Å². The predicted molar refractivity (Wildman–Crippen MR) is 141 cm³/mol. The quantitative estimate of drug-likeness (QED) is 0.450. The Morgan fingerprint density at radius 1 is 1.15 bits per heavy atom. The minimum absolute atomic E-state index is 0.0629. The van der Waals surface area contributed by atoms with E-state index in [-0.39, 0.29) is 5.56 Å². The maximum atomic E-state index is 12.4. The largest absolute Gasteiger partial charge is 0.368 e. The van der Waals surface area contributed by atoms with Crippen LogP contribution in [0.1, 0.15) is 50.4 Å². The lowest BCUT2D eigenvalue weighted by Crippen LogP contribution is -2.43. The van der Waals surface area contributed by atoms with Crippen LogP contribution >= 0.6 is 11.6 Å². The molecule has 0 amide bonds. The standard InChI is InChI=1S/C24H30ClN5O.C2H6/c1-4-30(18-5-8-26-9-6-18)22-13-17(25)12-20-19(22)7-10-27-23(20)28-14-21-15(2)11-16(3)29-24(21)31;1-2/h7,10-13,18,26H,4-6,8-9,14H2,1-3H3,(H,27,28)(H,29,31);1-2H3. The summed E-state index contributed by atoms with van der Waals surface area (Å²) in [7, 11) is 0. The first-order valence-corrected chi connectivity index (χ1v) is 12.3. The Kier molecular flexibility index (Phi) is 8.75. The van der Waals surface area contributed by atoms with Crippen LogP contribution in [0.4, 0.5) is 11.5 Å². The zero-order valence-corrected chi connectivity index (χ0v) is 21.1. The van der Waals surface area contributed by atoms with E-state index in [0.717, 1.165) is 71.6 Å². The molecule has 33 heavy (non-hydrogen) atoms. The molecule has 3 heterocycles. The second-order valence-electron chi connectivity index (χ2n) is 8.24. The van der Waals surface area contributed by atoms with Gasteiger partial charge in [-0.3, -0.25) is 4.79 Å². The molecule has 4 rings (SSSR count). The van der Waals surface area contributed by atoms with Crippen LogP contribution in [0, 0.1) is 13.8 Å². The van der Waals surface area contributed by atoms with Gasteiger partial charge in [0, 0.05) is 58.1 Å². The van der Waals surface area contributed by atoms with Gasteiger partial charge in [-0.1, -0.05) is 25.4 Å². The van der Waals surface area contributed by atoms with Crippen molar-refractivity contribution in [1.82, 2.24) is 15.3 Å². The van der Waals surface area contributed by atoms with Crippen LogP contribution in [0.2, 0.25) is 5.02 Å². The molecule has 2 aromatic heterocycles. The number of rotatable bonds is 6. The summed E-state index contributed by atoms with van der Waals surface area (Å²) in [5, 5.41) is 9.61. The van der Waals surface area contributed by atoms with Gasteiger partial charge in [-0.25, -0.2) is 4.98 Å². The number of H-pyrrole nitrogens is 1. The highest BCUT2D eigenvalue weighted by Crippen LogP contribution is 2.36. The molecule has 7 heteroatoms. The molecule has 6 nitrogen and oxygen atoms in total. The lowest BCUT2D eigenvalue weighted by molar-refractivity contribution is 0.434. The highest BCUT2D eigenvalue weighted by Gasteiger charge is 2.22. The van der Waals surface area contributed by atoms with Crippen LogP contribution in [0.25, 0.3) is 10.8 Å². The fraction of sp³-hybridized carbons (Fsp3) is 0.462. The smallest absolute Gasteiger partial charge is 0.253 e.